The second-order valence-corrected chi connectivity index (χ2v) is 14.0. The number of nitrogens with zero attached hydrogens (tertiary/aromatic N) is 3. The molecule has 268 valence electrons. The van der Waals surface area contributed by atoms with Crippen molar-refractivity contribution in [3.8, 4) is 0 Å². The van der Waals surface area contributed by atoms with Crippen LogP contribution in [0.2, 0.25) is 0 Å². The highest BCUT2D eigenvalue weighted by Crippen LogP contribution is 2.40. The molecule has 49 heavy (non-hydrogen) atoms. The molecular weight excluding hydrogens is 626 g/mol. The Morgan fingerprint density at radius 3 is 2.33 bits per heavy atom. The van der Waals surface area contributed by atoms with Crippen molar-refractivity contribution in [1.82, 2.24) is 36.1 Å². The van der Waals surface area contributed by atoms with Gasteiger partial charge in [0.1, 0.15) is 23.8 Å². The predicted molar refractivity (Wildman–Crippen MR) is 183 cm³/mol. The van der Waals surface area contributed by atoms with Gasteiger partial charge < -0.3 is 26.2 Å². The highest BCUT2D eigenvalue weighted by molar-refractivity contribution is 6.38. The van der Waals surface area contributed by atoms with E-state index in [2.05, 4.69) is 37.8 Å². The minimum atomic E-state index is -1.03. The lowest BCUT2D eigenvalue weighted by molar-refractivity contribution is -0.146. The Labute approximate surface area is 289 Å². The topological polar surface area (TPSA) is 180 Å². The second kappa shape index (κ2) is 18.0. The van der Waals surface area contributed by atoms with E-state index in [0.717, 1.165) is 64.2 Å². The van der Waals surface area contributed by atoms with Crippen molar-refractivity contribution in [2.45, 2.75) is 128 Å². The van der Waals surface area contributed by atoms with Crippen LogP contribution in [-0.2, 0) is 24.0 Å². The SMILES string of the molecule is C=CCNC(=O)C(=O)C(CCC)NC(=O)[C@@H]1CCCN1C(=O)[C@@H](NC(=O)[C@@H](NC(=O)c1cnccn1)C1CCCCC1)C1(C)CCCCC1. The summed E-state index contributed by atoms with van der Waals surface area (Å²) in [6.45, 7) is 7.86. The average molecular weight is 680 g/mol. The molecule has 1 aromatic heterocycles. The van der Waals surface area contributed by atoms with E-state index < -0.39 is 59.0 Å². The number of carbonyl (C=O) groups is 6. The van der Waals surface area contributed by atoms with Gasteiger partial charge in [-0.05, 0) is 56.3 Å². The summed E-state index contributed by atoms with van der Waals surface area (Å²) in [5, 5.41) is 11.2. The first-order valence-electron chi connectivity index (χ1n) is 18.0. The number of hydrogen-bond acceptors (Lipinski definition) is 8. The Morgan fingerprint density at radius 1 is 0.959 bits per heavy atom. The van der Waals surface area contributed by atoms with Crippen molar-refractivity contribution in [3.63, 3.8) is 0 Å². The van der Waals surface area contributed by atoms with Crippen LogP contribution in [0.25, 0.3) is 0 Å². The molecule has 2 saturated carbocycles. The summed E-state index contributed by atoms with van der Waals surface area (Å²) in [5.74, 6) is -3.42. The van der Waals surface area contributed by atoms with Crippen molar-refractivity contribution in [2.75, 3.05) is 13.1 Å². The fraction of sp³-hybridized carbons (Fsp3) is 0.667. The Morgan fingerprint density at radius 2 is 1.67 bits per heavy atom. The fourth-order valence-electron chi connectivity index (χ4n) is 7.62. The lowest BCUT2D eigenvalue weighted by Gasteiger charge is -2.43. The summed E-state index contributed by atoms with van der Waals surface area (Å²) < 4.78 is 0. The van der Waals surface area contributed by atoms with Crippen molar-refractivity contribution in [2.24, 2.45) is 11.3 Å². The van der Waals surface area contributed by atoms with Crippen molar-refractivity contribution in [1.29, 1.82) is 0 Å². The summed E-state index contributed by atoms with van der Waals surface area (Å²) in [6, 6.07) is -3.68. The third-order valence-corrected chi connectivity index (χ3v) is 10.4. The number of amides is 5. The number of nitrogens with one attached hydrogen (secondary N) is 4. The largest absolute Gasteiger partial charge is 0.346 e. The number of likely N-dealkylation sites (tertiary alicyclic amines) is 1. The molecule has 2 aliphatic carbocycles. The molecule has 1 unspecified atom stereocenters. The van der Waals surface area contributed by atoms with Crippen LogP contribution in [0.4, 0.5) is 0 Å². The minimum absolute atomic E-state index is 0.104. The van der Waals surface area contributed by atoms with Gasteiger partial charge >= 0.3 is 0 Å². The average Bonchev–Trinajstić information content (AvgIpc) is 3.62. The zero-order chi connectivity index (χ0) is 35.4. The van der Waals surface area contributed by atoms with Gasteiger partial charge in [-0.15, -0.1) is 6.58 Å². The monoisotopic (exact) mass is 679 g/mol. The molecule has 5 amide bonds. The van der Waals surface area contributed by atoms with E-state index >= 15 is 0 Å². The van der Waals surface area contributed by atoms with E-state index in [-0.39, 0.29) is 30.5 Å². The van der Waals surface area contributed by atoms with Gasteiger partial charge in [-0.1, -0.05) is 64.9 Å². The van der Waals surface area contributed by atoms with Crippen LogP contribution >= 0.6 is 0 Å². The van der Waals surface area contributed by atoms with E-state index in [1.54, 1.807) is 0 Å². The summed E-state index contributed by atoms with van der Waals surface area (Å²) in [6.07, 6.45) is 16.3. The zero-order valence-electron chi connectivity index (χ0n) is 29.0. The van der Waals surface area contributed by atoms with Crippen LogP contribution in [0.1, 0.15) is 114 Å². The predicted octanol–water partition coefficient (Wildman–Crippen LogP) is 2.76. The Kier molecular flexibility index (Phi) is 13.8. The van der Waals surface area contributed by atoms with Gasteiger partial charge in [0.15, 0.2) is 0 Å². The first kappa shape index (κ1) is 37.7. The first-order valence-corrected chi connectivity index (χ1v) is 18.0. The molecule has 4 rings (SSSR count). The molecule has 13 heteroatoms. The van der Waals surface area contributed by atoms with Gasteiger partial charge in [0.2, 0.25) is 23.5 Å². The molecule has 13 nitrogen and oxygen atoms in total. The van der Waals surface area contributed by atoms with Crippen LogP contribution in [0.5, 0.6) is 0 Å². The maximum absolute atomic E-state index is 14.6. The number of hydrogen-bond donors (Lipinski definition) is 4. The summed E-state index contributed by atoms with van der Waals surface area (Å²) >= 11 is 0. The van der Waals surface area contributed by atoms with Crippen LogP contribution < -0.4 is 21.3 Å². The van der Waals surface area contributed by atoms with Gasteiger partial charge in [0.05, 0.1) is 12.2 Å². The third kappa shape index (κ3) is 9.72. The molecule has 0 aromatic carbocycles. The highest BCUT2D eigenvalue weighted by Gasteiger charge is 2.47. The van der Waals surface area contributed by atoms with E-state index in [4.69, 9.17) is 0 Å². The van der Waals surface area contributed by atoms with Crippen molar-refractivity contribution in [3.05, 3.63) is 36.9 Å². The normalized spacial score (nSPS) is 21.0. The van der Waals surface area contributed by atoms with Crippen LogP contribution in [0.15, 0.2) is 31.2 Å². The standard InChI is InChI=1S/C36H53N7O6/c1-4-13-25(29(44)34(48)39-19-5-2)40-32(46)27-16-12-22-43(27)35(49)30(36(3)17-10-7-11-18-36)42-33(47)28(24-14-8-6-9-15-24)41-31(45)26-23-37-20-21-38-26/h5,20-21,23-25,27-28,30H,2,4,6-19,22H2,1,3H3,(H,39,48)(H,40,46)(H,41,45)(H,42,47)/t25?,27-,28-,30+/m0/s1. The van der Waals surface area contributed by atoms with E-state index in [1.165, 1.54) is 29.6 Å². The number of Topliss-reactive ketones (excluding diaryl/α,β-unsaturated/α-hetero) is 1. The second-order valence-electron chi connectivity index (χ2n) is 14.0. The maximum Gasteiger partial charge on any atom is 0.289 e. The number of ketones is 1. The van der Waals surface area contributed by atoms with Crippen molar-refractivity contribution >= 4 is 35.3 Å². The molecule has 0 spiro atoms. The summed E-state index contributed by atoms with van der Waals surface area (Å²) in [4.78, 5) is 90.8. The van der Waals surface area contributed by atoms with E-state index in [1.807, 2.05) is 13.8 Å². The summed E-state index contributed by atoms with van der Waals surface area (Å²) in [7, 11) is 0. The number of rotatable bonds is 15. The molecule has 1 aromatic rings. The van der Waals surface area contributed by atoms with Gasteiger partial charge in [-0.25, -0.2) is 4.98 Å². The molecule has 2 heterocycles. The van der Waals surface area contributed by atoms with Gasteiger partial charge in [0.25, 0.3) is 11.8 Å². The minimum Gasteiger partial charge on any atom is -0.346 e. The summed E-state index contributed by atoms with van der Waals surface area (Å²) in [5.41, 5.74) is -0.461. The lowest BCUT2D eigenvalue weighted by atomic mass is 9.69. The van der Waals surface area contributed by atoms with Crippen molar-refractivity contribution < 1.29 is 28.8 Å². The Hall–Kier alpha value is -4.16. The highest BCUT2D eigenvalue weighted by atomic mass is 16.2. The zero-order valence-corrected chi connectivity index (χ0v) is 29.0. The molecule has 0 radical (unpaired) electrons. The maximum atomic E-state index is 14.6. The van der Waals surface area contributed by atoms with Crippen LogP contribution in [0.3, 0.4) is 0 Å². The fourth-order valence-corrected chi connectivity index (χ4v) is 7.62. The molecule has 1 saturated heterocycles. The number of carbonyl (C=O) groups excluding carboxylic acids is 6. The van der Waals surface area contributed by atoms with E-state index in [9.17, 15) is 28.8 Å². The quantitative estimate of drug-likeness (QED) is 0.161. The molecular formula is C36H53N7O6. The van der Waals surface area contributed by atoms with Gasteiger partial charge in [-0.2, -0.15) is 0 Å². The Bertz CT molecular complexity index is 1340. The number of aromatic nitrogens is 2. The molecule has 3 aliphatic rings. The first-order chi connectivity index (χ1) is 23.6. The Balaban J connectivity index is 1.56. The molecule has 4 N–H and O–H groups in total. The third-order valence-electron chi connectivity index (χ3n) is 10.4. The van der Waals surface area contributed by atoms with Crippen LogP contribution in [-0.4, -0.2) is 87.4 Å². The van der Waals surface area contributed by atoms with Gasteiger partial charge in [0, 0.05) is 25.5 Å². The molecule has 0 bridgehead atoms. The lowest BCUT2D eigenvalue weighted by Crippen LogP contribution is -2.63. The van der Waals surface area contributed by atoms with Gasteiger partial charge in [-0.3, -0.25) is 33.8 Å². The van der Waals surface area contributed by atoms with Crippen LogP contribution in [0, 0.1) is 11.3 Å². The molecule has 1 aliphatic heterocycles. The van der Waals surface area contributed by atoms with E-state index in [0.29, 0.717) is 25.8 Å². The molecule has 3 fully saturated rings. The smallest absolute Gasteiger partial charge is 0.289 e. The molecule has 4 atom stereocenters.